The monoisotopic (exact) mass is 379 g/mol. The van der Waals surface area contributed by atoms with Crippen molar-refractivity contribution < 1.29 is 9.59 Å². The van der Waals surface area contributed by atoms with Crippen molar-refractivity contribution in [3.63, 3.8) is 0 Å². The predicted molar refractivity (Wildman–Crippen MR) is 105 cm³/mol. The summed E-state index contributed by atoms with van der Waals surface area (Å²) >= 11 is 0. The lowest BCUT2D eigenvalue weighted by Gasteiger charge is -2.35. The van der Waals surface area contributed by atoms with Gasteiger partial charge in [-0.2, -0.15) is 0 Å². The molecule has 1 saturated heterocycles. The Kier molecular flexibility index (Phi) is 7.91. The van der Waals surface area contributed by atoms with Gasteiger partial charge in [0.2, 0.25) is 5.91 Å². The van der Waals surface area contributed by atoms with Gasteiger partial charge in [-0.1, -0.05) is 37.8 Å². The third-order valence-corrected chi connectivity index (χ3v) is 5.60. The van der Waals surface area contributed by atoms with E-state index in [-0.39, 0.29) is 24.2 Å². The van der Waals surface area contributed by atoms with Crippen molar-refractivity contribution >= 4 is 24.2 Å². The average Bonchev–Trinajstić information content (AvgIpc) is 3.19. The maximum atomic E-state index is 12.6. The van der Waals surface area contributed by atoms with Gasteiger partial charge in [-0.15, -0.1) is 12.4 Å². The van der Waals surface area contributed by atoms with E-state index >= 15 is 0 Å². The first-order valence-corrected chi connectivity index (χ1v) is 9.53. The van der Waals surface area contributed by atoms with E-state index in [0.717, 1.165) is 17.9 Å². The number of hydrogen-bond acceptors (Lipinski definition) is 3. The standard InChI is InChI=1S/C20H29N3O2.ClH/c21-15-17-5-8-18(9-6-17)20(25)23-13-11-22(12-14-23)19(24)10-7-16-3-1-2-4-16;/h5-6,8-9,16H,1-4,7,10-15,21H2;1H. The van der Waals surface area contributed by atoms with Crippen molar-refractivity contribution in [2.24, 2.45) is 11.7 Å². The SMILES string of the molecule is Cl.NCc1ccc(C(=O)N2CCN(C(=O)CCC3CCCC3)CC2)cc1. The molecule has 2 amide bonds. The van der Waals surface area contributed by atoms with E-state index in [1.54, 1.807) is 0 Å². The van der Waals surface area contributed by atoms with Crippen LogP contribution in [0.4, 0.5) is 0 Å². The van der Waals surface area contributed by atoms with Gasteiger partial charge in [-0.05, 0) is 30.0 Å². The largest absolute Gasteiger partial charge is 0.339 e. The van der Waals surface area contributed by atoms with Gasteiger partial charge in [0.05, 0.1) is 0 Å². The second-order valence-corrected chi connectivity index (χ2v) is 7.26. The molecule has 2 N–H and O–H groups in total. The minimum absolute atomic E-state index is 0. The van der Waals surface area contributed by atoms with Crippen LogP contribution in [0.25, 0.3) is 0 Å². The van der Waals surface area contributed by atoms with E-state index in [1.807, 2.05) is 34.1 Å². The maximum absolute atomic E-state index is 12.6. The average molecular weight is 380 g/mol. The number of hydrogen-bond donors (Lipinski definition) is 1. The minimum Gasteiger partial charge on any atom is -0.339 e. The highest BCUT2D eigenvalue weighted by Crippen LogP contribution is 2.28. The van der Waals surface area contributed by atoms with Crippen molar-refractivity contribution in [3.8, 4) is 0 Å². The Morgan fingerprint density at radius 3 is 2.12 bits per heavy atom. The normalized spacial score (nSPS) is 17.9. The highest BCUT2D eigenvalue weighted by molar-refractivity contribution is 5.94. The zero-order valence-corrected chi connectivity index (χ0v) is 16.2. The number of nitrogens with zero attached hydrogens (tertiary/aromatic N) is 2. The number of rotatable bonds is 5. The smallest absolute Gasteiger partial charge is 0.253 e. The number of amides is 2. The van der Waals surface area contributed by atoms with Crippen LogP contribution in [0.15, 0.2) is 24.3 Å². The fourth-order valence-corrected chi connectivity index (χ4v) is 3.91. The first kappa shape index (κ1) is 20.7. The molecular weight excluding hydrogens is 350 g/mol. The summed E-state index contributed by atoms with van der Waals surface area (Å²) in [6, 6.07) is 7.47. The molecule has 3 rings (SSSR count). The fourth-order valence-electron chi connectivity index (χ4n) is 3.91. The topological polar surface area (TPSA) is 66.6 Å². The van der Waals surface area contributed by atoms with Crippen LogP contribution >= 0.6 is 12.4 Å². The second-order valence-electron chi connectivity index (χ2n) is 7.26. The molecule has 2 aliphatic rings. The van der Waals surface area contributed by atoms with Crippen LogP contribution in [-0.4, -0.2) is 47.8 Å². The number of carbonyl (C=O) groups excluding carboxylic acids is 2. The van der Waals surface area contributed by atoms with E-state index in [2.05, 4.69) is 0 Å². The van der Waals surface area contributed by atoms with Gasteiger partial charge in [0.1, 0.15) is 0 Å². The summed E-state index contributed by atoms with van der Waals surface area (Å²) in [6.07, 6.45) is 6.93. The summed E-state index contributed by atoms with van der Waals surface area (Å²) in [6.45, 7) is 3.02. The lowest BCUT2D eigenvalue weighted by atomic mass is 10.0. The molecule has 144 valence electrons. The number of halogens is 1. The van der Waals surface area contributed by atoms with Gasteiger partial charge >= 0.3 is 0 Å². The fraction of sp³-hybridized carbons (Fsp3) is 0.600. The zero-order chi connectivity index (χ0) is 17.6. The molecule has 1 heterocycles. The van der Waals surface area contributed by atoms with Crippen LogP contribution in [-0.2, 0) is 11.3 Å². The molecule has 0 atom stereocenters. The Morgan fingerprint density at radius 2 is 1.54 bits per heavy atom. The molecule has 26 heavy (non-hydrogen) atoms. The van der Waals surface area contributed by atoms with Crippen LogP contribution < -0.4 is 5.73 Å². The van der Waals surface area contributed by atoms with Crippen molar-refractivity contribution in [2.75, 3.05) is 26.2 Å². The molecule has 2 fully saturated rings. The van der Waals surface area contributed by atoms with Crippen LogP contribution in [0.1, 0.15) is 54.4 Å². The first-order chi connectivity index (χ1) is 12.2. The molecule has 0 bridgehead atoms. The van der Waals surface area contributed by atoms with Crippen molar-refractivity contribution in [2.45, 2.75) is 45.1 Å². The van der Waals surface area contributed by atoms with E-state index in [0.29, 0.717) is 44.7 Å². The Balaban J connectivity index is 0.00000243. The highest BCUT2D eigenvalue weighted by Gasteiger charge is 2.25. The molecule has 0 spiro atoms. The Labute approximate surface area is 162 Å². The third kappa shape index (κ3) is 5.21. The van der Waals surface area contributed by atoms with Gasteiger partial charge in [0, 0.05) is 44.7 Å². The molecule has 1 aromatic rings. The van der Waals surface area contributed by atoms with Gasteiger partial charge < -0.3 is 15.5 Å². The molecule has 5 nitrogen and oxygen atoms in total. The summed E-state index contributed by atoms with van der Waals surface area (Å²) in [5.74, 6) is 1.05. The summed E-state index contributed by atoms with van der Waals surface area (Å²) in [7, 11) is 0. The Bertz CT molecular complexity index is 592. The number of piperazine rings is 1. The molecular formula is C20H30ClN3O2. The summed E-state index contributed by atoms with van der Waals surface area (Å²) in [4.78, 5) is 28.7. The van der Waals surface area contributed by atoms with Crippen molar-refractivity contribution in [3.05, 3.63) is 35.4 Å². The Morgan fingerprint density at radius 1 is 0.962 bits per heavy atom. The van der Waals surface area contributed by atoms with E-state index in [9.17, 15) is 9.59 Å². The molecule has 1 saturated carbocycles. The minimum atomic E-state index is 0. The molecule has 1 aliphatic heterocycles. The molecule has 6 heteroatoms. The van der Waals surface area contributed by atoms with E-state index in [1.165, 1.54) is 25.7 Å². The number of benzene rings is 1. The van der Waals surface area contributed by atoms with E-state index < -0.39 is 0 Å². The molecule has 1 aliphatic carbocycles. The molecule has 0 unspecified atom stereocenters. The molecule has 0 aromatic heterocycles. The van der Waals surface area contributed by atoms with Gasteiger partial charge in [0.15, 0.2) is 0 Å². The number of nitrogens with two attached hydrogens (primary N) is 1. The van der Waals surface area contributed by atoms with Crippen LogP contribution in [0, 0.1) is 5.92 Å². The lowest BCUT2D eigenvalue weighted by molar-refractivity contribution is -0.133. The van der Waals surface area contributed by atoms with Crippen LogP contribution in [0.5, 0.6) is 0 Å². The zero-order valence-electron chi connectivity index (χ0n) is 15.4. The van der Waals surface area contributed by atoms with Crippen molar-refractivity contribution in [1.29, 1.82) is 0 Å². The highest BCUT2D eigenvalue weighted by atomic mass is 35.5. The van der Waals surface area contributed by atoms with Gasteiger partial charge in [-0.25, -0.2) is 0 Å². The number of carbonyl (C=O) groups is 2. The van der Waals surface area contributed by atoms with Gasteiger partial charge in [0.25, 0.3) is 5.91 Å². The predicted octanol–water partition coefficient (Wildman–Crippen LogP) is 2.82. The lowest BCUT2D eigenvalue weighted by Crippen LogP contribution is -2.50. The van der Waals surface area contributed by atoms with E-state index in [4.69, 9.17) is 5.73 Å². The summed E-state index contributed by atoms with van der Waals surface area (Å²) in [5.41, 5.74) is 7.31. The molecule has 0 radical (unpaired) electrons. The van der Waals surface area contributed by atoms with Gasteiger partial charge in [-0.3, -0.25) is 9.59 Å². The maximum Gasteiger partial charge on any atom is 0.253 e. The third-order valence-electron chi connectivity index (χ3n) is 5.60. The summed E-state index contributed by atoms with van der Waals surface area (Å²) < 4.78 is 0. The first-order valence-electron chi connectivity index (χ1n) is 9.53. The second kappa shape index (κ2) is 9.93. The summed E-state index contributed by atoms with van der Waals surface area (Å²) in [5, 5.41) is 0. The molecule has 1 aromatic carbocycles. The van der Waals surface area contributed by atoms with Crippen LogP contribution in [0.3, 0.4) is 0 Å². The quantitative estimate of drug-likeness (QED) is 0.855. The Hall–Kier alpha value is -1.59. The van der Waals surface area contributed by atoms with Crippen molar-refractivity contribution in [1.82, 2.24) is 9.80 Å². The van der Waals surface area contributed by atoms with Crippen LogP contribution in [0.2, 0.25) is 0 Å².